The SMILES string of the molecule is CC(C)(C)N1CCN(Cc2cccc(NN)n2)CC1. The summed E-state index contributed by atoms with van der Waals surface area (Å²) in [5.41, 5.74) is 3.93. The van der Waals surface area contributed by atoms with Gasteiger partial charge >= 0.3 is 0 Å². The number of anilines is 1. The Morgan fingerprint density at radius 2 is 1.89 bits per heavy atom. The maximum Gasteiger partial charge on any atom is 0.140 e. The largest absolute Gasteiger partial charge is 0.308 e. The van der Waals surface area contributed by atoms with Crippen LogP contribution in [0.1, 0.15) is 26.5 Å². The number of rotatable bonds is 3. The Morgan fingerprint density at radius 3 is 2.47 bits per heavy atom. The molecule has 2 heterocycles. The van der Waals surface area contributed by atoms with E-state index in [1.807, 2.05) is 12.1 Å². The fraction of sp³-hybridized carbons (Fsp3) is 0.643. The van der Waals surface area contributed by atoms with Crippen LogP contribution in [0.15, 0.2) is 18.2 Å². The summed E-state index contributed by atoms with van der Waals surface area (Å²) in [6.07, 6.45) is 0. The van der Waals surface area contributed by atoms with E-state index in [9.17, 15) is 0 Å². The van der Waals surface area contributed by atoms with Crippen molar-refractivity contribution in [1.29, 1.82) is 0 Å². The zero-order chi connectivity index (χ0) is 13.9. The van der Waals surface area contributed by atoms with Gasteiger partial charge in [-0.1, -0.05) is 6.07 Å². The van der Waals surface area contributed by atoms with E-state index in [0.29, 0.717) is 0 Å². The van der Waals surface area contributed by atoms with E-state index in [0.717, 1.165) is 44.2 Å². The van der Waals surface area contributed by atoms with Crippen LogP contribution >= 0.6 is 0 Å². The Balaban J connectivity index is 1.88. The molecule has 1 saturated heterocycles. The highest BCUT2D eigenvalue weighted by atomic mass is 15.3. The second-order valence-electron chi connectivity index (χ2n) is 6.09. The zero-order valence-corrected chi connectivity index (χ0v) is 12.2. The first-order valence-electron chi connectivity index (χ1n) is 6.89. The molecule has 1 aliphatic heterocycles. The van der Waals surface area contributed by atoms with E-state index in [1.165, 1.54) is 0 Å². The molecule has 0 bridgehead atoms. The van der Waals surface area contributed by atoms with Gasteiger partial charge in [0.2, 0.25) is 0 Å². The van der Waals surface area contributed by atoms with Crippen LogP contribution in [0.25, 0.3) is 0 Å². The predicted octanol–water partition coefficient (Wildman–Crippen LogP) is 1.28. The first-order valence-corrected chi connectivity index (χ1v) is 6.89. The maximum absolute atomic E-state index is 5.39. The number of hydrogen-bond acceptors (Lipinski definition) is 5. The van der Waals surface area contributed by atoms with E-state index >= 15 is 0 Å². The molecule has 0 amide bonds. The lowest BCUT2D eigenvalue weighted by molar-refractivity contribution is 0.0586. The Kier molecular flexibility index (Phi) is 4.39. The van der Waals surface area contributed by atoms with Crippen LogP contribution < -0.4 is 11.3 Å². The number of hydrazine groups is 1. The Bertz CT molecular complexity index is 405. The second kappa shape index (κ2) is 5.86. The van der Waals surface area contributed by atoms with Gasteiger partial charge in [-0.3, -0.25) is 9.80 Å². The molecule has 2 rings (SSSR count). The summed E-state index contributed by atoms with van der Waals surface area (Å²) in [5, 5.41) is 0. The molecule has 19 heavy (non-hydrogen) atoms. The molecule has 106 valence electrons. The van der Waals surface area contributed by atoms with Gasteiger partial charge in [0.15, 0.2) is 0 Å². The van der Waals surface area contributed by atoms with Gasteiger partial charge in [-0.2, -0.15) is 0 Å². The van der Waals surface area contributed by atoms with Gasteiger partial charge in [0, 0.05) is 38.3 Å². The van der Waals surface area contributed by atoms with Gasteiger partial charge in [-0.05, 0) is 32.9 Å². The van der Waals surface area contributed by atoms with Crippen LogP contribution in [0, 0.1) is 0 Å². The lowest BCUT2D eigenvalue weighted by atomic mass is 10.0. The van der Waals surface area contributed by atoms with Crippen molar-refractivity contribution in [2.24, 2.45) is 5.84 Å². The quantitative estimate of drug-likeness (QED) is 0.635. The van der Waals surface area contributed by atoms with Crippen molar-refractivity contribution >= 4 is 5.82 Å². The van der Waals surface area contributed by atoms with Gasteiger partial charge in [0.25, 0.3) is 0 Å². The molecule has 1 aromatic heterocycles. The van der Waals surface area contributed by atoms with Crippen molar-refractivity contribution in [2.75, 3.05) is 31.6 Å². The number of nitrogens with two attached hydrogens (primary N) is 1. The molecule has 3 N–H and O–H groups in total. The van der Waals surface area contributed by atoms with Gasteiger partial charge < -0.3 is 5.43 Å². The number of pyridine rings is 1. The molecular weight excluding hydrogens is 238 g/mol. The van der Waals surface area contributed by atoms with Crippen LogP contribution in [0.2, 0.25) is 0 Å². The summed E-state index contributed by atoms with van der Waals surface area (Å²) in [7, 11) is 0. The summed E-state index contributed by atoms with van der Waals surface area (Å²) in [5.74, 6) is 6.11. The van der Waals surface area contributed by atoms with E-state index in [2.05, 4.69) is 47.0 Å². The number of nitrogen functional groups attached to an aromatic ring is 1. The molecule has 0 saturated carbocycles. The van der Waals surface area contributed by atoms with E-state index in [4.69, 9.17) is 5.84 Å². The van der Waals surface area contributed by atoms with Crippen LogP contribution in [0.3, 0.4) is 0 Å². The summed E-state index contributed by atoms with van der Waals surface area (Å²) < 4.78 is 0. The molecule has 0 atom stereocenters. The Hall–Kier alpha value is -1.17. The van der Waals surface area contributed by atoms with Crippen LogP contribution in [0.4, 0.5) is 5.82 Å². The molecule has 1 aromatic rings. The van der Waals surface area contributed by atoms with Gasteiger partial charge in [0.05, 0.1) is 5.69 Å². The van der Waals surface area contributed by atoms with Gasteiger partial charge in [0.1, 0.15) is 5.82 Å². The molecule has 0 aromatic carbocycles. The van der Waals surface area contributed by atoms with Crippen molar-refractivity contribution in [2.45, 2.75) is 32.9 Å². The number of aromatic nitrogens is 1. The standard InChI is InChI=1S/C14H25N5/c1-14(2,3)19-9-7-18(8-10-19)11-12-5-4-6-13(16-12)17-15/h4-6H,7-11,15H2,1-3H3,(H,16,17). The summed E-state index contributed by atoms with van der Waals surface area (Å²) in [6, 6.07) is 5.92. The highest BCUT2D eigenvalue weighted by Gasteiger charge is 2.25. The third-order valence-corrected chi connectivity index (χ3v) is 3.66. The van der Waals surface area contributed by atoms with Crippen molar-refractivity contribution in [3.8, 4) is 0 Å². The van der Waals surface area contributed by atoms with Crippen LogP contribution in [-0.2, 0) is 6.54 Å². The third-order valence-electron chi connectivity index (χ3n) is 3.66. The topological polar surface area (TPSA) is 57.4 Å². The fourth-order valence-electron chi connectivity index (χ4n) is 2.45. The number of piperazine rings is 1. The van der Waals surface area contributed by atoms with Crippen LogP contribution in [0.5, 0.6) is 0 Å². The number of nitrogens with zero attached hydrogens (tertiary/aromatic N) is 3. The van der Waals surface area contributed by atoms with Crippen molar-refractivity contribution < 1.29 is 0 Å². The molecule has 1 fully saturated rings. The first-order chi connectivity index (χ1) is 8.99. The molecular formula is C14H25N5. The Labute approximate surface area is 115 Å². The minimum Gasteiger partial charge on any atom is -0.308 e. The molecule has 5 heteroatoms. The van der Waals surface area contributed by atoms with Crippen LogP contribution in [-0.4, -0.2) is 46.5 Å². The van der Waals surface area contributed by atoms with Crippen molar-refractivity contribution in [1.82, 2.24) is 14.8 Å². The number of hydrogen-bond donors (Lipinski definition) is 2. The first kappa shape index (κ1) is 14.2. The minimum atomic E-state index is 0.272. The lowest BCUT2D eigenvalue weighted by Crippen LogP contribution is -2.53. The minimum absolute atomic E-state index is 0.272. The average molecular weight is 263 g/mol. The summed E-state index contributed by atoms with van der Waals surface area (Å²) in [4.78, 5) is 9.45. The maximum atomic E-state index is 5.39. The molecule has 0 unspecified atom stereocenters. The lowest BCUT2D eigenvalue weighted by Gasteiger charge is -2.42. The summed E-state index contributed by atoms with van der Waals surface area (Å²) >= 11 is 0. The van der Waals surface area contributed by atoms with E-state index < -0.39 is 0 Å². The smallest absolute Gasteiger partial charge is 0.140 e. The van der Waals surface area contributed by atoms with Gasteiger partial charge in [-0.15, -0.1) is 0 Å². The molecule has 0 aliphatic carbocycles. The Morgan fingerprint density at radius 1 is 1.21 bits per heavy atom. The predicted molar refractivity (Wildman–Crippen MR) is 78.7 cm³/mol. The zero-order valence-electron chi connectivity index (χ0n) is 12.2. The normalized spacial score (nSPS) is 18.5. The molecule has 1 aliphatic rings. The second-order valence-corrected chi connectivity index (χ2v) is 6.09. The number of nitrogens with one attached hydrogen (secondary N) is 1. The average Bonchev–Trinajstić information content (AvgIpc) is 2.38. The van der Waals surface area contributed by atoms with Crippen molar-refractivity contribution in [3.05, 3.63) is 23.9 Å². The fourth-order valence-corrected chi connectivity index (χ4v) is 2.45. The van der Waals surface area contributed by atoms with E-state index in [-0.39, 0.29) is 5.54 Å². The van der Waals surface area contributed by atoms with E-state index in [1.54, 1.807) is 0 Å². The highest BCUT2D eigenvalue weighted by Crippen LogP contribution is 2.17. The molecule has 0 spiro atoms. The monoisotopic (exact) mass is 263 g/mol. The highest BCUT2D eigenvalue weighted by molar-refractivity contribution is 5.33. The summed E-state index contributed by atoms with van der Waals surface area (Å²) in [6.45, 7) is 12.2. The molecule has 0 radical (unpaired) electrons. The van der Waals surface area contributed by atoms with Gasteiger partial charge in [-0.25, -0.2) is 10.8 Å². The van der Waals surface area contributed by atoms with Crippen molar-refractivity contribution in [3.63, 3.8) is 0 Å². The third kappa shape index (κ3) is 3.89. The molecule has 5 nitrogen and oxygen atoms in total.